The molecule has 0 spiro atoms. The molecule has 1 saturated heterocycles. The molecule has 33 heavy (non-hydrogen) atoms. The maximum Gasteiger partial charge on any atom is 0.243 e. The molecule has 0 atom stereocenters. The number of carbonyl (C=O) groups is 1. The van der Waals surface area contributed by atoms with E-state index in [2.05, 4.69) is 5.32 Å². The lowest BCUT2D eigenvalue weighted by Crippen LogP contribution is -2.35. The van der Waals surface area contributed by atoms with Crippen LogP contribution < -0.4 is 5.32 Å². The number of nitrogens with one attached hydrogen (secondary N) is 1. The van der Waals surface area contributed by atoms with Gasteiger partial charge in [-0.05, 0) is 61.6 Å². The quantitative estimate of drug-likeness (QED) is 0.637. The highest BCUT2D eigenvalue weighted by Crippen LogP contribution is 2.30. The smallest absolute Gasteiger partial charge is 0.243 e. The van der Waals surface area contributed by atoms with Crippen molar-refractivity contribution in [1.29, 1.82) is 0 Å². The van der Waals surface area contributed by atoms with Gasteiger partial charge in [0.25, 0.3) is 0 Å². The molecule has 178 valence electrons. The SMILES string of the molecule is O=C(Cc1ccc(S(=O)(=O)N2CCCCC2)cc1)Nc1cccc(S(=O)(=O)C2CCCC2)c1. The van der Waals surface area contributed by atoms with Gasteiger partial charge in [0.2, 0.25) is 15.9 Å². The van der Waals surface area contributed by atoms with Crippen LogP contribution in [0.2, 0.25) is 0 Å². The van der Waals surface area contributed by atoms with Gasteiger partial charge in [-0.1, -0.05) is 37.5 Å². The van der Waals surface area contributed by atoms with Crippen molar-refractivity contribution in [3.63, 3.8) is 0 Å². The number of piperidine rings is 1. The number of anilines is 1. The van der Waals surface area contributed by atoms with Gasteiger partial charge >= 0.3 is 0 Å². The van der Waals surface area contributed by atoms with Crippen molar-refractivity contribution in [2.45, 2.75) is 66.4 Å². The van der Waals surface area contributed by atoms with E-state index >= 15 is 0 Å². The normalized spacial score (nSPS) is 18.3. The van der Waals surface area contributed by atoms with Gasteiger partial charge < -0.3 is 5.32 Å². The first-order valence-electron chi connectivity index (χ1n) is 11.5. The van der Waals surface area contributed by atoms with Crippen molar-refractivity contribution >= 4 is 31.5 Å². The van der Waals surface area contributed by atoms with Gasteiger partial charge in [-0.2, -0.15) is 4.31 Å². The zero-order valence-corrected chi connectivity index (χ0v) is 20.2. The van der Waals surface area contributed by atoms with E-state index in [1.54, 1.807) is 42.5 Å². The highest BCUT2D eigenvalue weighted by atomic mass is 32.2. The van der Waals surface area contributed by atoms with Gasteiger partial charge in [0.15, 0.2) is 9.84 Å². The maximum atomic E-state index is 12.8. The first-order chi connectivity index (χ1) is 15.8. The Kier molecular flexibility index (Phi) is 7.21. The van der Waals surface area contributed by atoms with Gasteiger partial charge in [-0.3, -0.25) is 4.79 Å². The van der Waals surface area contributed by atoms with Crippen LogP contribution >= 0.6 is 0 Å². The summed E-state index contributed by atoms with van der Waals surface area (Å²) in [5.41, 5.74) is 1.11. The third kappa shape index (κ3) is 5.47. The summed E-state index contributed by atoms with van der Waals surface area (Å²) in [5, 5.41) is 2.42. The molecule has 1 amide bonds. The molecule has 0 bridgehead atoms. The first-order valence-corrected chi connectivity index (χ1v) is 14.5. The largest absolute Gasteiger partial charge is 0.326 e. The molecule has 0 radical (unpaired) electrons. The Bertz CT molecular complexity index is 1200. The molecule has 7 nitrogen and oxygen atoms in total. The first kappa shape index (κ1) is 23.9. The molecule has 0 unspecified atom stereocenters. The molecule has 2 aromatic rings. The van der Waals surface area contributed by atoms with Gasteiger partial charge in [-0.15, -0.1) is 0 Å². The molecular formula is C24H30N2O5S2. The van der Waals surface area contributed by atoms with Crippen LogP contribution in [-0.4, -0.2) is 45.4 Å². The number of sulfonamides is 1. The van der Waals surface area contributed by atoms with E-state index in [0.717, 1.165) is 32.1 Å². The van der Waals surface area contributed by atoms with Gasteiger partial charge in [0, 0.05) is 18.8 Å². The lowest BCUT2D eigenvalue weighted by atomic mass is 10.1. The van der Waals surface area contributed by atoms with E-state index in [1.165, 1.54) is 10.4 Å². The van der Waals surface area contributed by atoms with Crippen molar-refractivity contribution in [2.75, 3.05) is 18.4 Å². The Morgan fingerprint density at radius 1 is 0.848 bits per heavy atom. The molecule has 2 fully saturated rings. The van der Waals surface area contributed by atoms with E-state index in [1.807, 2.05) is 0 Å². The number of rotatable bonds is 7. The second-order valence-corrected chi connectivity index (χ2v) is 13.0. The van der Waals surface area contributed by atoms with Gasteiger partial charge in [-0.25, -0.2) is 16.8 Å². The summed E-state index contributed by atoms with van der Waals surface area (Å²) in [6.07, 6.45) is 6.09. The van der Waals surface area contributed by atoms with Gasteiger partial charge in [0.05, 0.1) is 21.5 Å². The van der Waals surface area contributed by atoms with Crippen LogP contribution in [0, 0.1) is 0 Å². The van der Waals surface area contributed by atoms with Crippen LogP contribution in [0.5, 0.6) is 0 Å². The summed E-state index contributed by atoms with van der Waals surface area (Å²) in [5.74, 6) is -0.294. The zero-order valence-electron chi connectivity index (χ0n) is 18.6. The van der Waals surface area contributed by atoms with E-state index in [0.29, 0.717) is 37.2 Å². The number of hydrogen-bond donors (Lipinski definition) is 1. The van der Waals surface area contributed by atoms with Crippen LogP contribution in [0.15, 0.2) is 58.3 Å². The van der Waals surface area contributed by atoms with Gasteiger partial charge in [0.1, 0.15) is 0 Å². The average molecular weight is 491 g/mol. The number of hydrogen-bond acceptors (Lipinski definition) is 5. The maximum absolute atomic E-state index is 12.8. The lowest BCUT2D eigenvalue weighted by molar-refractivity contribution is -0.115. The van der Waals surface area contributed by atoms with Crippen LogP contribution in [0.4, 0.5) is 5.69 Å². The minimum absolute atomic E-state index is 0.0592. The van der Waals surface area contributed by atoms with Crippen LogP contribution in [-0.2, 0) is 31.1 Å². The Hall–Kier alpha value is -2.23. The number of nitrogens with zero attached hydrogens (tertiary/aromatic N) is 1. The van der Waals surface area contributed by atoms with Crippen molar-refractivity contribution in [3.8, 4) is 0 Å². The van der Waals surface area contributed by atoms with E-state index < -0.39 is 19.9 Å². The summed E-state index contributed by atoms with van der Waals surface area (Å²) in [6, 6.07) is 12.8. The minimum Gasteiger partial charge on any atom is -0.326 e. The van der Waals surface area contributed by atoms with Crippen LogP contribution in [0.1, 0.15) is 50.5 Å². The molecule has 1 saturated carbocycles. The Labute approximate surface area is 196 Å². The second-order valence-electron chi connectivity index (χ2n) is 8.81. The van der Waals surface area contributed by atoms with Crippen molar-refractivity contribution in [1.82, 2.24) is 4.31 Å². The zero-order chi connectivity index (χ0) is 23.5. The molecule has 0 aromatic heterocycles. The van der Waals surface area contributed by atoms with Crippen molar-refractivity contribution in [2.24, 2.45) is 0 Å². The molecule has 9 heteroatoms. The number of sulfone groups is 1. The summed E-state index contributed by atoms with van der Waals surface area (Å²) in [6.45, 7) is 1.09. The second kappa shape index (κ2) is 9.95. The highest BCUT2D eigenvalue weighted by molar-refractivity contribution is 7.92. The van der Waals surface area contributed by atoms with Crippen LogP contribution in [0.25, 0.3) is 0 Å². The molecule has 1 aliphatic heterocycles. The van der Waals surface area contributed by atoms with E-state index in [-0.39, 0.29) is 27.4 Å². The number of amides is 1. The molecular weight excluding hydrogens is 460 g/mol. The van der Waals surface area contributed by atoms with Crippen molar-refractivity contribution in [3.05, 3.63) is 54.1 Å². The van der Waals surface area contributed by atoms with Crippen molar-refractivity contribution < 1.29 is 21.6 Å². The molecule has 1 N–H and O–H groups in total. The molecule has 2 aliphatic rings. The number of carbonyl (C=O) groups excluding carboxylic acids is 1. The predicted octanol–water partition coefficient (Wildman–Crippen LogP) is 3.76. The summed E-state index contributed by atoms with van der Waals surface area (Å²) >= 11 is 0. The Balaban J connectivity index is 1.40. The lowest BCUT2D eigenvalue weighted by Gasteiger charge is -2.25. The topological polar surface area (TPSA) is 101 Å². The fraction of sp³-hybridized carbons (Fsp3) is 0.458. The average Bonchev–Trinajstić information content (AvgIpc) is 3.36. The third-order valence-corrected chi connectivity index (χ3v) is 10.6. The van der Waals surface area contributed by atoms with E-state index in [4.69, 9.17) is 0 Å². The molecule has 1 heterocycles. The highest BCUT2D eigenvalue weighted by Gasteiger charge is 2.30. The molecule has 2 aromatic carbocycles. The summed E-state index contributed by atoms with van der Waals surface area (Å²) < 4.78 is 52.7. The fourth-order valence-electron chi connectivity index (χ4n) is 4.57. The summed E-state index contributed by atoms with van der Waals surface area (Å²) in [7, 11) is -6.90. The Morgan fingerprint density at radius 3 is 2.18 bits per heavy atom. The fourth-order valence-corrected chi connectivity index (χ4v) is 7.98. The standard InChI is InChI=1S/C24H30N2O5S2/c27-24(25-20-7-6-10-23(18-20)32(28,29)21-8-2-3-9-21)17-19-11-13-22(14-12-19)33(30,31)26-15-4-1-5-16-26/h6-7,10-14,18,21H,1-5,8-9,15-17H2,(H,25,27). The monoisotopic (exact) mass is 490 g/mol. The Morgan fingerprint density at radius 2 is 1.52 bits per heavy atom. The van der Waals surface area contributed by atoms with E-state index in [9.17, 15) is 21.6 Å². The minimum atomic E-state index is -3.51. The third-order valence-electron chi connectivity index (χ3n) is 6.43. The summed E-state index contributed by atoms with van der Waals surface area (Å²) in [4.78, 5) is 13.0. The molecule has 4 rings (SSSR count). The molecule has 1 aliphatic carbocycles. The number of benzene rings is 2. The predicted molar refractivity (Wildman–Crippen MR) is 127 cm³/mol. The van der Waals surface area contributed by atoms with Crippen LogP contribution in [0.3, 0.4) is 0 Å².